The Bertz CT molecular complexity index is 1150. The van der Waals surface area contributed by atoms with E-state index in [4.69, 9.17) is 4.74 Å². The molecule has 33 heavy (non-hydrogen) atoms. The lowest BCUT2D eigenvalue weighted by Crippen LogP contribution is -2.36. The summed E-state index contributed by atoms with van der Waals surface area (Å²) in [6.07, 6.45) is -4.35. The van der Waals surface area contributed by atoms with Crippen LogP contribution in [0.15, 0.2) is 66.7 Å². The predicted octanol–water partition coefficient (Wildman–Crippen LogP) is 5.23. The number of rotatable bonds is 6. The minimum absolute atomic E-state index is 0.124. The first-order valence-electron chi connectivity index (χ1n) is 10.5. The highest BCUT2D eigenvalue weighted by atomic mass is 19.4. The summed E-state index contributed by atoms with van der Waals surface area (Å²) >= 11 is 0. The largest absolute Gasteiger partial charge is 0.497 e. The van der Waals surface area contributed by atoms with E-state index in [-0.39, 0.29) is 5.91 Å². The Morgan fingerprint density at radius 2 is 1.67 bits per heavy atom. The fourth-order valence-electron chi connectivity index (χ4n) is 3.92. The van der Waals surface area contributed by atoms with Gasteiger partial charge in [-0.05, 0) is 42.0 Å². The fraction of sp³-hybridized carbons (Fsp3) is 0.240. The van der Waals surface area contributed by atoms with E-state index in [9.17, 15) is 18.0 Å². The lowest BCUT2D eigenvalue weighted by Gasteiger charge is -2.25. The maximum absolute atomic E-state index is 13.5. The van der Waals surface area contributed by atoms with Crippen molar-refractivity contribution in [1.29, 1.82) is 0 Å². The molecule has 0 radical (unpaired) electrons. The molecule has 5 nitrogen and oxygen atoms in total. The van der Waals surface area contributed by atoms with Crippen LogP contribution in [0.5, 0.6) is 5.75 Å². The molecule has 1 aliphatic heterocycles. The minimum atomic E-state index is -4.35. The smallest absolute Gasteiger partial charge is 0.416 e. The monoisotopic (exact) mass is 455 g/mol. The maximum atomic E-state index is 13.5. The third-order valence-electron chi connectivity index (χ3n) is 5.70. The number of halogens is 3. The zero-order valence-corrected chi connectivity index (χ0v) is 18.3. The van der Waals surface area contributed by atoms with E-state index in [0.717, 1.165) is 34.8 Å². The Morgan fingerprint density at radius 1 is 0.939 bits per heavy atom. The molecular weight excluding hydrogens is 431 g/mol. The molecule has 3 aromatic carbocycles. The van der Waals surface area contributed by atoms with Crippen LogP contribution in [0.1, 0.15) is 21.5 Å². The van der Waals surface area contributed by atoms with E-state index < -0.39 is 11.7 Å². The molecule has 0 saturated heterocycles. The van der Waals surface area contributed by atoms with Gasteiger partial charge in [0.2, 0.25) is 0 Å². The van der Waals surface area contributed by atoms with E-state index in [1.54, 1.807) is 18.1 Å². The molecule has 4 rings (SSSR count). The fourth-order valence-corrected chi connectivity index (χ4v) is 3.92. The van der Waals surface area contributed by atoms with E-state index in [0.29, 0.717) is 30.9 Å². The van der Waals surface area contributed by atoms with Gasteiger partial charge in [-0.2, -0.15) is 13.2 Å². The van der Waals surface area contributed by atoms with Crippen molar-refractivity contribution in [2.75, 3.05) is 37.0 Å². The Morgan fingerprint density at radius 3 is 2.36 bits per heavy atom. The Kier molecular flexibility index (Phi) is 6.29. The van der Waals surface area contributed by atoms with Gasteiger partial charge in [-0.1, -0.05) is 24.3 Å². The molecule has 0 aromatic heterocycles. The summed E-state index contributed by atoms with van der Waals surface area (Å²) in [5.41, 5.74) is 3.07. The highest BCUT2D eigenvalue weighted by Gasteiger charge is 2.30. The molecule has 1 N–H and O–H groups in total. The van der Waals surface area contributed by atoms with Gasteiger partial charge in [0.25, 0.3) is 5.91 Å². The van der Waals surface area contributed by atoms with Gasteiger partial charge in [0, 0.05) is 32.7 Å². The number of ether oxygens (including phenoxy) is 1. The van der Waals surface area contributed by atoms with Gasteiger partial charge in [-0.25, -0.2) is 0 Å². The van der Waals surface area contributed by atoms with Crippen molar-refractivity contribution in [2.24, 2.45) is 0 Å². The molecule has 0 unspecified atom stereocenters. The first-order valence-corrected chi connectivity index (χ1v) is 10.5. The van der Waals surface area contributed by atoms with Crippen molar-refractivity contribution in [2.45, 2.75) is 12.7 Å². The average molecular weight is 455 g/mol. The van der Waals surface area contributed by atoms with Crippen molar-refractivity contribution in [1.82, 2.24) is 5.32 Å². The highest BCUT2D eigenvalue weighted by molar-refractivity contribution is 6.14. The number of methoxy groups -OCH3 is 1. The number of amides is 1. The van der Waals surface area contributed by atoms with Crippen molar-refractivity contribution in [3.8, 4) is 5.75 Å². The third kappa shape index (κ3) is 4.66. The predicted molar refractivity (Wildman–Crippen MR) is 122 cm³/mol. The van der Waals surface area contributed by atoms with Gasteiger partial charge in [-0.3, -0.25) is 4.79 Å². The van der Waals surface area contributed by atoms with Crippen molar-refractivity contribution in [3.05, 3.63) is 83.4 Å². The van der Waals surface area contributed by atoms with Crippen LogP contribution in [0.4, 0.5) is 30.2 Å². The standard InChI is InChI=1S/C25H24F3N3O2/c1-30-21-6-4-3-5-20(21)24(32)31(23-15-19(33-2)11-12-22(23)30)14-13-29-16-17-7-9-18(10-8-17)25(26,27)28/h3-12,15,29H,13-14,16H2,1-2H3. The molecule has 3 aromatic rings. The van der Waals surface area contributed by atoms with Crippen LogP contribution in [0.2, 0.25) is 0 Å². The summed E-state index contributed by atoms with van der Waals surface area (Å²) in [5, 5.41) is 3.22. The molecule has 0 spiro atoms. The van der Waals surface area contributed by atoms with Gasteiger partial charge >= 0.3 is 6.18 Å². The van der Waals surface area contributed by atoms with E-state index in [1.165, 1.54) is 12.1 Å². The molecule has 8 heteroatoms. The summed E-state index contributed by atoms with van der Waals surface area (Å²) in [5.74, 6) is 0.518. The Hall–Kier alpha value is -3.52. The second-order valence-electron chi connectivity index (χ2n) is 7.76. The van der Waals surface area contributed by atoms with Gasteiger partial charge in [0.05, 0.1) is 35.3 Å². The zero-order chi connectivity index (χ0) is 23.6. The Balaban J connectivity index is 1.53. The number of anilines is 3. The Labute approximate surface area is 190 Å². The third-order valence-corrected chi connectivity index (χ3v) is 5.70. The van der Waals surface area contributed by atoms with Gasteiger partial charge in [0.15, 0.2) is 0 Å². The second-order valence-corrected chi connectivity index (χ2v) is 7.76. The number of nitrogens with zero attached hydrogens (tertiary/aromatic N) is 2. The van der Waals surface area contributed by atoms with E-state index in [1.807, 2.05) is 48.3 Å². The molecule has 0 saturated carbocycles. The first-order chi connectivity index (χ1) is 15.8. The van der Waals surface area contributed by atoms with Gasteiger partial charge in [0.1, 0.15) is 5.75 Å². The van der Waals surface area contributed by atoms with Crippen molar-refractivity contribution in [3.63, 3.8) is 0 Å². The summed E-state index contributed by atoms with van der Waals surface area (Å²) in [6.45, 7) is 1.22. The molecule has 0 fully saturated rings. The first kappa shape index (κ1) is 22.7. The van der Waals surface area contributed by atoms with Gasteiger partial charge < -0.3 is 19.9 Å². The van der Waals surface area contributed by atoms with Crippen LogP contribution in [0, 0.1) is 0 Å². The van der Waals surface area contributed by atoms with Crippen molar-refractivity contribution >= 4 is 23.0 Å². The van der Waals surface area contributed by atoms with Crippen LogP contribution >= 0.6 is 0 Å². The quantitative estimate of drug-likeness (QED) is 0.517. The molecule has 172 valence electrons. The number of para-hydroxylation sites is 1. The van der Waals surface area contributed by atoms with Crippen LogP contribution in [0.3, 0.4) is 0 Å². The van der Waals surface area contributed by atoms with Crippen LogP contribution < -0.4 is 19.9 Å². The number of hydrogen-bond donors (Lipinski definition) is 1. The SMILES string of the molecule is COc1ccc2c(c1)N(CCNCc1ccc(C(F)(F)F)cc1)C(=O)c1ccccc1N2C. The van der Waals surface area contributed by atoms with Crippen molar-refractivity contribution < 1.29 is 22.7 Å². The molecule has 1 amide bonds. The summed E-state index contributed by atoms with van der Waals surface area (Å²) in [4.78, 5) is 17.2. The molecular formula is C25H24F3N3O2. The maximum Gasteiger partial charge on any atom is 0.416 e. The second kappa shape index (κ2) is 9.15. The van der Waals surface area contributed by atoms with Crippen LogP contribution in [-0.2, 0) is 12.7 Å². The average Bonchev–Trinajstić information content (AvgIpc) is 2.90. The number of carbonyl (C=O) groups excluding carboxylic acids is 1. The van der Waals surface area contributed by atoms with Crippen LogP contribution in [-0.4, -0.2) is 33.2 Å². The zero-order valence-electron chi connectivity index (χ0n) is 18.3. The number of carbonyl (C=O) groups is 1. The number of benzene rings is 3. The molecule has 1 heterocycles. The molecule has 0 bridgehead atoms. The topological polar surface area (TPSA) is 44.8 Å². The molecule has 1 aliphatic rings. The number of fused-ring (bicyclic) bond motifs is 2. The summed E-state index contributed by atoms with van der Waals surface area (Å²) in [7, 11) is 3.50. The van der Waals surface area contributed by atoms with E-state index in [2.05, 4.69) is 5.32 Å². The van der Waals surface area contributed by atoms with Gasteiger partial charge in [-0.15, -0.1) is 0 Å². The van der Waals surface area contributed by atoms with E-state index >= 15 is 0 Å². The lowest BCUT2D eigenvalue weighted by molar-refractivity contribution is -0.137. The summed E-state index contributed by atoms with van der Waals surface area (Å²) < 4.78 is 43.6. The number of hydrogen-bond acceptors (Lipinski definition) is 4. The van der Waals surface area contributed by atoms with Crippen LogP contribution in [0.25, 0.3) is 0 Å². The normalized spacial score (nSPS) is 13.4. The number of alkyl halides is 3. The summed E-state index contributed by atoms with van der Waals surface area (Å²) in [6, 6.07) is 18.1. The number of nitrogens with one attached hydrogen (secondary N) is 1. The molecule has 0 atom stereocenters. The molecule has 0 aliphatic carbocycles. The highest BCUT2D eigenvalue weighted by Crippen LogP contribution is 2.41. The minimum Gasteiger partial charge on any atom is -0.497 e. The lowest BCUT2D eigenvalue weighted by atomic mass is 10.1.